The SMILES string of the molecule is CC(C)(C)COSc1ccccc1. The van der Waals surface area contributed by atoms with Gasteiger partial charge in [-0.05, 0) is 17.5 Å². The molecule has 0 bridgehead atoms. The van der Waals surface area contributed by atoms with Gasteiger partial charge in [0.25, 0.3) is 0 Å². The van der Waals surface area contributed by atoms with Gasteiger partial charge in [-0.25, -0.2) is 0 Å². The Labute approximate surface area is 84.7 Å². The highest BCUT2D eigenvalue weighted by Gasteiger charge is 2.10. The van der Waals surface area contributed by atoms with E-state index in [1.807, 2.05) is 30.3 Å². The van der Waals surface area contributed by atoms with Crippen molar-refractivity contribution < 1.29 is 4.18 Å². The highest BCUT2D eigenvalue weighted by Crippen LogP contribution is 2.22. The molecule has 0 spiro atoms. The first-order chi connectivity index (χ1) is 6.08. The molecule has 1 nitrogen and oxygen atoms in total. The van der Waals surface area contributed by atoms with E-state index in [1.165, 1.54) is 12.0 Å². The van der Waals surface area contributed by atoms with Crippen molar-refractivity contribution in [3.63, 3.8) is 0 Å². The molecule has 0 radical (unpaired) electrons. The molecule has 0 saturated carbocycles. The Morgan fingerprint density at radius 2 is 1.77 bits per heavy atom. The predicted molar refractivity (Wildman–Crippen MR) is 57.7 cm³/mol. The molecule has 0 unspecified atom stereocenters. The summed E-state index contributed by atoms with van der Waals surface area (Å²) in [4.78, 5) is 1.16. The molecule has 1 aromatic carbocycles. The van der Waals surface area contributed by atoms with Crippen molar-refractivity contribution in [1.29, 1.82) is 0 Å². The van der Waals surface area contributed by atoms with E-state index in [0.717, 1.165) is 11.5 Å². The molecule has 0 saturated heterocycles. The number of hydrogen-bond donors (Lipinski definition) is 0. The molecule has 72 valence electrons. The highest BCUT2D eigenvalue weighted by molar-refractivity contribution is 7.94. The fourth-order valence-electron chi connectivity index (χ4n) is 0.750. The summed E-state index contributed by atoms with van der Waals surface area (Å²) < 4.78 is 5.50. The maximum absolute atomic E-state index is 5.50. The van der Waals surface area contributed by atoms with Gasteiger partial charge < -0.3 is 4.18 Å². The zero-order chi connectivity index (χ0) is 9.73. The van der Waals surface area contributed by atoms with Crippen LogP contribution in [0.3, 0.4) is 0 Å². The van der Waals surface area contributed by atoms with Crippen molar-refractivity contribution in [3.8, 4) is 0 Å². The molecule has 13 heavy (non-hydrogen) atoms. The van der Waals surface area contributed by atoms with E-state index < -0.39 is 0 Å². The molecule has 0 aliphatic rings. The summed E-state index contributed by atoms with van der Waals surface area (Å²) in [5.74, 6) is 0. The lowest BCUT2D eigenvalue weighted by molar-refractivity contribution is 0.227. The van der Waals surface area contributed by atoms with Gasteiger partial charge in [-0.1, -0.05) is 39.0 Å². The summed E-state index contributed by atoms with van der Waals surface area (Å²) in [6, 6.07) is 10.1. The summed E-state index contributed by atoms with van der Waals surface area (Å²) >= 11 is 1.45. The van der Waals surface area contributed by atoms with E-state index in [1.54, 1.807) is 0 Å². The van der Waals surface area contributed by atoms with Crippen LogP contribution in [0.1, 0.15) is 20.8 Å². The Kier molecular flexibility index (Phi) is 3.82. The van der Waals surface area contributed by atoms with Crippen LogP contribution in [0.25, 0.3) is 0 Å². The Bertz CT molecular complexity index is 238. The topological polar surface area (TPSA) is 9.23 Å². The van der Waals surface area contributed by atoms with Gasteiger partial charge in [-0.3, -0.25) is 0 Å². The van der Waals surface area contributed by atoms with Crippen LogP contribution in [0.4, 0.5) is 0 Å². The highest BCUT2D eigenvalue weighted by atomic mass is 32.2. The van der Waals surface area contributed by atoms with E-state index >= 15 is 0 Å². The second-order valence-electron chi connectivity index (χ2n) is 4.22. The van der Waals surface area contributed by atoms with Gasteiger partial charge in [0, 0.05) is 16.9 Å². The molecular weight excluding hydrogens is 180 g/mol. The Balaban J connectivity index is 2.29. The minimum absolute atomic E-state index is 0.238. The minimum atomic E-state index is 0.238. The Morgan fingerprint density at radius 1 is 1.15 bits per heavy atom. The van der Waals surface area contributed by atoms with Crippen LogP contribution < -0.4 is 0 Å². The summed E-state index contributed by atoms with van der Waals surface area (Å²) in [6.07, 6.45) is 0. The van der Waals surface area contributed by atoms with Crippen LogP contribution in [0.2, 0.25) is 0 Å². The first-order valence-corrected chi connectivity index (χ1v) is 5.17. The van der Waals surface area contributed by atoms with Crippen LogP contribution in [0.5, 0.6) is 0 Å². The fourth-order valence-corrected chi connectivity index (χ4v) is 1.57. The summed E-state index contributed by atoms with van der Waals surface area (Å²) in [5, 5.41) is 0. The monoisotopic (exact) mass is 196 g/mol. The van der Waals surface area contributed by atoms with E-state index in [2.05, 4.69) is 20.8 Å². The van der Waals surface area contributed by atoms with Gasteiger partial charge in [0.15, 0.2) is 0 Å². The van der Waals surface area contributed by atoms with Gasteiger partial charge in [0.05, 0.1) is 6.61 Å². The van der Waals surface area contributed by atoms with Crippen molar-refractivity contribution in [2.45, 2.75) is 25.7 Å². The van der Waals surface area contributed by atoms with Gasteiger partial charge in [0.2, 0.25) is 0 Å². The molecule has 0 amide bonds. The molecule has 0 aromatic heterocycles. The van der Waals surface area contributed by atoms with Crippen LogP contribution in [-0.2, 0) is 4.18 Å². The molecule has 2 heteroatoms. The van der Waals surface area contributed by atoms with E-state index in [0.29, 0.717) is 0 Å². The number of benzene rings is 1. The zero-order valence-electron chi connectivity index (χ0n) is 8.41. The first-order valence-electron chi connectivity index (χ1n) is 4.42. The maximum atomic E-state index is 5.50. The van der Waals surface area contributed by atoms with Gasteiger partial charge >= 0.3 is 0 Å². The lowest BCUT2D eigenvalue weighted by atomic mass is 9.99. The zero-order valence-corrected chi connectivity index (χ0v) is 9.23. The summed E-state index contributed by atoms with van der Waals surface area (Å²) in [5.41, 5.74) is 0.238. The maximum Gasteiger partial charge on any atom is 0.0666 e. The van der Waals surface area contributed by atoms with Crippen molar-refractivity contribution in [2.75, 3.05) is 6.61 Å². The summed E-state index contributed by atoms with van der Waals surface area (Å²) in [6.45, 7) is 7.27. The molecule has 1 aromatic rings. The standard InChI is InChI=1S/C11H16OS/c1-11(2,3)9-12-13-10-7-5-4-6-8-10/h4-8H,9H2,1-3H3. The van der Waals surface area contributed by atoms with Gasteiger partial charge in [-0.15, -0.1) is 0 Å². The minimum Gasteiger partial charge on any atom is -0.310 e. The summed E-state index contributed by atoms with van der Waals surface area (Å²) in [7, 11) is 0. The lowest BCUT2D eigenvalue weighted by Gasteiger charge is -2.16. The third-order valence-corrected chi connectivity index (χ3v) is 2.09. The molecule has 0 fully saturated rings. The van der Waals surface area contributed by atoms with Gasteiger partial charge in [0.1, 0.15) is 0 Å². The van der Waals surface area contributed by atoms with Crippen molar-refractivity contribution in [2.24, 2.45) is 5.41 Å². The van der Waals surface area contributed by atoms with E-state index in [4.69, 9.17) is 4.18 Å². The molecule has 0 atom stereocenters. The predicted octanol–water partition coefficient (Wildman–Crippen LogP) is 3.76. The van der Waals surface area contributed by atoms with Crippen LogP contribution in [-0.4, -0.2) is 6.61 Å². The largest absolute Gasteiger partial charge is 0.310 e. The Hall–Kier alpha value is -0.470. The van der Waals surface area contributed by atoms with Crippen LogP contribution in [0.15, 0.2) is 35.2 Å². The lowest BCUT2D eigenvalue weighted by Crippen LogP contribution is -2.11. The van der Waals surface area contributed by atoms with Crippen molar-refractivity contribution >= 4 is 12.0 Å². The third kappa shape index (κ3) is 4.96. The quantitative estimate of drug-likeness (QED) is 0.681. The molecule has 0 aliphatic carbocycles. The second kappa shape index (κ2) is 4.68. The fraction of sp³-hybridized carbons (Fsp3) is 0.455. The molecule has 1 rings (SSSR count). The molecular formula is C11H16OS. The smallest absolute Gasteiger partial charge is 0.0666 e. The molecule has 0 N–H and O–H groups in total. The Morgan fingerprint density at radius 3 is 2.31 bits per heavy atom. The van der Waals surface area contributed by atoms with Crippen LogP contribution >= 0.6 is 12.0 Å². The third-order valence-electron chi connectivity index (χ3n) is 1.39. The number of hydrogen-bond acceptors (Lipinski definition) is 2. The van der Waals surface area contributed by atoms with Gasteiger partial charge in [-0.2, -0.15) is 0 Å². The average molecular weight is 196 g/mol. The van der Waals surface area contributed by atoms with E-state index in [-0.39, 0.29) is 5.41 Å². The number of rotatable bonds is 3. The van der Waals surface area contributed by atoms with E-state index in [9.17, 15) is 0 Å². The molecule has 0 aliphatic heterocycles. The second-order valence-corrected chi connectivity index (χ2v) is 5.09. The van der Waals surface area contributed by atoms with Crippen molar-refractivity contribution in [3.05, 3.63) is 30.3 Å². The normalized spacial score (nSPS) is 11.6. The van der Waals surface area contributed by atoms with Crippen molar-refractivity contribution in [1.82, 2.24) is 0 Å². The average Bonchev–Trinajstić information content (AvgIpc) is 2.04. The first kappa shape index (κ1) is 10.6. The van der Waals surface area contributed by atoms with Crippen LogP contribution in [0, 0.1) is 5.41 Å². The molecule has 0 heterocycles.